The second kappa shape index (κ2) is 10.6. The molecule has 0 atom stereocenters. The zero-order valence-electron chi connectivity index (χ0n) is 24.6. The molecular formula is C44H28S. The van der Waals surface area contributed by atoms with Gasteiger partial charge in [-0.25, -0.2) is 0 Å². The predicted octanol–water partition coefficient (Wildman–Crippen LogP) is 13.0. The third-order valence-corrected chi connectivity index (χ3v) is 10.3. The van der Waals surface area contributed by atoms with Gasteiger partial charge in [0, 0.05) is 25.7 Å². The fourth-order valence-corrected chi connectivity index (χ4v) is 8.32. The standard InChI is InChI=1S/C44H28S/c1-2-13-29(14-3-1)30-25-27-31(28-26-30)42-35-18-6-8-20-37(35)43(38-21-9-7-19-36(38)42)34-17-5-4-15-32(34)39-22-12-23-40-33-16-10-11-24-41(33)45-44(39)40/h1-28H. The minimum Gasteiger partial charge on any atom is -0.135 e. The lowest BCUT2D eigenvalue weighted by Crippen LogP contribution is -1.92. The van der Waals surface area contributed by atoms with Crippen molar-refractivity contribution in [3.8, 4) is 44.5 Å². The maximum Gasteiger partial charge on any atom is 0.0434 e. The largest absolute Gasteiger partial charge is 0.135 e. The Kier molecular flexibility index (Phi) is 6.11. The van der Waals surface area contributed by atoms with Crippen LogP contribution >= 0.6 is 11.3 Å². The van der Waals surface area contributed by atoms with E-state index in [4.69, 9.17) is 0 Å². The van der Waals surface area contributed by atoms with E-state index in [9.17, 15) is 0 Å². The summed E-state index contributed by atoms with van der Waals surface area (Å²) in [5.41, 5.74) is 10.1. The molecule has 0 spiro atoms. The molecule has 9 aromatic rings. The van der Waals surface area contributed by atoms with Crippen LogP contribution in [0.25, 0.3) is 86.2 Å². The maximum atomic E-state index is 2.31. The zero-order chi connectivity index (χ0) is 29.7. The Labute approximate surface area is 266 Å². The highest BCUT2D eigenvalue weighted by Crippen LogP contribution is 2.48. The average molecular weight is 589 g/mol. The summed E-state index contributed by atoms with van der Waals surface area (Å²) in [6, 6.07) is 62.1. The lowest BCUT2D eigenvalue weighted by molar-refractivity contribution is 1.61. The van der Waals surface area contributed by atoms with Crippen molar-refractivity contribution < 1.29 is 0 Å². The quantitative estimate of drug-likeness (QED) is 0.179. The third-order valence-electron chi connectivity index (χ3n) is 9.10. The van der Waals surface area contributed by atoms with Crippen LogP contribution in [0.15, 0.2) is 170 Å². The molecule has 8 aromatic carbocycles. The lowest BCUT2D eigenvalue weighted by Gasteiger charge is -2.20. The Morgan fingerprint density at radius 3 is 1.42 bits per heavy atom. The summed E-state index contributed by atoms with van der Waals surface area (Å²) in [7, 11) is 0. The van der Waals surface area contributed by atoms with Gasteiger partial charge in [0.15, 0.2) is 0 Å². The highest BCUT2D eigenvalue weighted by Gasteiger charge is 2.20. The van der Waals surface area contributed by atoms with Crippen molar-refractivity contribution in [2.24, 2.45) is 0 Å². The molecule has 0 N–H and O–H groups in total. The molecule has 1 heterocycles. The molecule has 0 unspecified atom stereocenters. The first-order valence-corrected chi connectivity index (χ1v) is 16.3. The van der Waals surface area contributed by atoms with Crippen molar-refractivity contribution in [1.82, 2.24) is 0 Å². The van der Waals surface area contributed by atoms with Crippen molar-refractivity contribution in [2.45, 2.75) is 0 Å². The molecule has 0 aliphatic rings. The summed E-state index contributed by atoms with van der Waals surface area (Å²) in [6.07, 6.45) is 0. The maximum absolute atomic E-state index is 2.31. The molecule has 9 rings (SSSR count). The fourth-order valence-electron chi connectivity index (χ4n) is 7.08. The van der Waals surface area contributed by atoms with Gasteiger partial charge in [-0.15, -0.1) is 11.3 Å². The van der Waals surface area contributed by atoms with Gasteiger partial charge in [-0.05, 0) is 66.6 Å². The van der Waals surface area contributed by atoms with E-state index in [1.807, 2.05) is 11.3 Å². The van der Waals surface area contributed by atoms with Gasteiger partial charge < -0.3 is 0 Å². The Bertz CT molecular complexity index is 2460. The van der Waals surface area contributed by atoms with Gasteiger partial charge >= 0.3 is 0 Å². The van der Waals surface area contributed by atoms with E-state index in [2.05, 4.69) is 170 Å². The van der Waals surface area contributed by atoms with Crippen molar-refractivity contribution in [3.05, 3.63) is 170 Å². The van der Waals surface area contributed by atoms with Gasteiger partial charge in [0.2, 0.25) is 0 Å². The smallest absolute Gasteiger partial charge is 0.0434 e. The molecule has 0 nitrogen and oxygen atoms in total. The predicted molar refractivity (Wildman–Crippen MR) is 196 cm³/mol. The van der Waals surface area contributed by atoms with E-state index in [0.29, 0.717) is 0 Å². The van der Waals surface area contributed by atoms with Crippen LogP contribution < -0.4 is 0 Å². The molecule has 0 aliphatic heterocycles. The first kappa shape index (κ1) is 25.9. The molecule has 0 bridgehead atoms. The highest BCUT2D eigenvalue weighted by atomic mass is 32.1. The molecule has 45 heavy (non-hydrogen) atoms. The van der Waals surface area contributed by atoms with Gasteiger partial charge in [-0.3, -0.25) is 0 Å². The molecule has 0 saturated carbocycles. The lowest BCUT2D eigenvalue weighted by atomic mass is 9.83. The normalized spacial score (nSPS) is 11.6. The third kappa shape index (κ3) is 4.20. The van der Waals surface area contributed by atoms with Crippen LogP contribution in [0.1, 0.15) is 0 Å². The molecular weight excluding hydrogens is 561 g/mol. The average Bonchev–Trinajstić information content (AvgIpc) is 3.50. The monoisotopic (exact) mass is 588 g/mol. The molecule has 0 aliphatic carbocycles. The van der Waals surface area contributed by atoms with Crippen LogP contribution in [0.2, 0.25) is 0 Å². The second-order valence-corrected chi connectivity index (χ2v) is 12.7. The number of thiophene rings is 1. The Morgan fingerprint density at radius 2 is 0.733 bits per heavy atom. The number of benzene rings is 8. The minimum absolute atomic E-state index is 1.23. The van der Waals surface area contributed by atoms with Gasteiger partial charge in [0.05, 0.1) is 0 Å². The fraction of sp³-hybridized carbons (Fsp3) is 0. The molecule has 0 radical (unpaired) electrons. The molecule has 0 saturated heterocycles. The van der Waals surface area contributed by atoms with Gasteiger partial charge in [-0.2, -0.15) is 0 Å². The molecule has 0 fully saturated rings. The first-order chi connectivity index (χ1) is 22.3. The summed E-state index contributed by atoms with van der Waals surface area (Å²) < 4.78 is 2.67. The second-order valence-electron chi connectivity index (χ2n) is 11.6. The van der Waals surface area contributed by atoms with Crippen LogP contribution in [-0.4, -0.2) is 0 Å². The zero-order valence-corrected chi connectivity index (χ0v) is 25.4. The summed E-state index contributed by atoms with van der Waals surface area (Å²) in [5.74, 6) is 0. The van der Waals surface area contributed by atoms with Gasteiger partial charge in [0.1, 0.15) is 0 Å². The summed E-state index contributed by atoms with van der Waals surface area (Å²) in [6.45, 7) is 0. The van der Waals surface area contributed by atoms with Crippen LogP contribution in [0, 0.1) is 0 Å². The number of fused-ring (bicyclic) bond motifs is 5. The van der Waals surface area contributed by atoms with Crippen LogP contribution in [-0.2, 0) is 0 Å². The number of hydrogen-bond donors (Lipinski definition) is 0. The van der Waals surface area contributed by atoms with Crippen LogP contribution in [0.3, 0.4) is 0 Å². The Morgan fingerprint density at radius 1 is 0.267 bits per heavy atom. The number of rotatable bonds is 4. The number of hydrogen-bond acceptors (Lipinski definition) is 1. The molecule has 0 amide bonds. The van der Waals surface area contributed by atoms with Crippen molar-refractivity contribution in [1.29, 1.82) is 0 Å². The summed E-state index contributed by atoms with van der Waals surface area (Å²) in [5, 5.41) is 7.74. The van der Waals surface area contributed by atoms with E-state index >= 15 is 0 Å². The van der Waals surface area contributed by atoms with E-state index in [1.54, 1.807) is 0 Å². The summed E-state index contributed by atoms with van der Waals surface area (Å²) in [4.78, 5) is 0. The van der Waals surface area contributed by atoms with Gasteiger partial charge in [0.25, 0.3) is 0 Å². The van der Waals surface area contributed by atoms with Crippen molar-refractivity contribution in [2.75, 3.05) is 0 Å². The van der Waals surface area contributed by atoms with E-state index in [1.165, 1.54) is 86.2 Å². The SMILES string of the molecule is c1ccc(-c2ccc(-c3c4ccccc4c(-c4ccccc4-c4cccc5c4sc4ccccc45)c4ccccc34)cc2)cc1. The summed E-state index contributed by atoms with van der Waals surface area (Å²) >= 11 is 1.89. The van der Waals surface area contributed by atoms with E-state index in [-0.39, 0.29) is 0 Å². The van der Waals surface area contributed by atoms with Crippen LogP contribution in [0.5, 0.6) is 0 Å². The van der Waals surface area contributed by atoms with Crippen molar-refractivity contribution in [3.63, 3.8) is 0 Å². The topological polar surface area (TPSA) is 0 Å². The molecule has 210 valence electrons. The molecule has 1 aromatic heterocycles. The first-order valence-electron chi connectivity index (χ1n) is 15.4. The van der Waals surface area contributed by atoms with E-state index < -0.39 is 0 Å². The minimum atomic E-state index is 1.23. The van der Waals surface area contributed by atoms with Gasteiger partial charge in [-0.1, -0.05) is 164 Å². The molecule has 1 heteroatoms. The highest BCUT2D eigenvalue weighted by molar-refractivity contribution is 7.26. The Hall–Kier alpha value is -5.50. The van der Waals surface area contributed by atoms with Crippen LogP contribution in [0.4, 0.5) is 0 Å². The van der Waals surface area contributed by atoms with Crippen molar-refractivity contribution >= 4 is 53.1 Å². The van der Waals surface area contributed by atoms with E-state index in [0.717, 1.165) is 0 Å². The Balaban J connectivity index is 1.31.